The van der Waals surface area contributed by atoms with Crippen LogP contribution in [0.1, 0.15) is 28.4 Å². The molecule has 0 saturated carbocycles. The largest absolute Gasteiger partial charge is 0.493 e. The topological polar surface area (TPSA) is 106 Å². The Bertz CT molecular complexity index is 946. The van der Waals surface area contributed by atoms with E-state index in [1.807, 2.05) is 0 Å². The third-order valence-corrected chi connectivity index (χ3v) is 4.11. The second-order valence-electron chi connectivity index (χ2n) is 5.95. The smallest absolute Gasteiger partial charge is 0.345 e. The Kier molecular flexibility index (Phi) is 6.13. The average molecular weight is 407 g/mol. The van der Waals surface area contributed by atoms with Crippen LogP contribution in [0, 0.1) is 15.9 Å². The first kappa shape index (κ1) is 20.3. The van der Waals surface area contributed by atoms with Gasteiger partial charge >= 0.3 is 5.97 Å². The van der Waals surface area contributed by atoms with Crippen molar-refractivity contribution in [2.45, 2.75) is 20.1 Å². The zero-order chi connectivity index (χ0) is 21.0. The van der Waals surface area contributed by atoms with Gasteiger partial charge in [-0.1, -0.05) is 0 Å². The molecular formula is C19H18FNO8. The highest BCUT2D eigenvalue weighted by molar-refractivity contribution is 5.95. The molecular weight excluding hydrogens is 389 g/mol. The fourth-order valence-corrected chi connectivity index (χ4v) is 2.88. The normalized spacial score (nSPS) is 12.5. The van der Waals surface area contributed by atoms with E-state index in [2.05, 4.69) is 0 Å². The molecule has 2 aromatic carbocycles. The standard InChI is InChI=1S/C19H18FNO8/c1-3-27-17-6-14(15(21(23)24)7-16(17)25-2)19(22)28-9-12-5-13(20)4-11-8-26-10-29-18(11)12/h4-7H,3,8-10H2,1-2H3. The van der Waals surface area contributed by atoms with Crippen LogP contribution in [-0.2, 0) is 22.7 Å². The molecule has 0 spiro atoms. The Hall–Kier alpha value is -3.40. The summed E-state index contributed by atoms with van der Waals surface area (Å²) in [6, 6.07) is 4.72. The molecule has 1 aliphatic heterocycles. The molecule has 0 radical (unpaired) electrons. The molecule has 1 heterocycles. The monoisotopic (exact) mass is 407 g/mol. The first-order valence-electron chi connectivity index (χ1n) is 8.62. The summed E-state index contributed by atoms with van der Waals surface area (Å²) in [7, 11) is 1.33. The molecule has 0 saturated heterocycles. The lowest BCUT2D eigenvalue weighted by molar-refractivity contribution is -0.385. The van der Waals surface area contributed by atoms with Crippen molar-refractivity contribution in [1.82, 2.24) is 0 Å². The minimum Gasteiger partial charge on any atom is -0.493 e. The SMILES string of the molecule is CCOc1cc(C(=O)OCc2cc(F)cc3c2OCOC3)c([N+](=O)[O-])cc1OC. The van der Waals surface area contributed by atoms with Crippen LogP contribution in [0.25, 0.3) is 0 Å². The first-order chi connectivity index (χ1) is 13.9. The number of nitro groups is 1. The van der Waals surface area contributed by atoms with Crippen molar-refractivity contribution in [3.05, 3.63) is 56.9 Å². The number of hydrogen-bond donors (Lipinski definition) is 0. The summed E-state index contributed by atoms with van der Waals surface area (Å²) in [6.45, 7) is 1.79. The van der Waals surface area contributed by atoms with Crippen LogP contribution in [0.5, 0.6) is 17.2 Å². The number of methoxy groups -OCH3 is 1. The van der Waals surface area contributed by atoms with Crippen molar-refractivity contribution in [1.29, 1.82) is 0 Å². The lowest BCUT2D eigenvalue weighted by Gasteiger charge is -2.20. The minimum atomic E-state index is -0.967. The zero-order valence-corrected chi connectivity index (χ0v) is 15.7. The Labute approximate surface area is 165 Å². The predicted octanol–water partition coefficient (Wildman–Crippen LogP) is 3.36. The van der Waals surface area contributed by atoms with Gasteiger partial charge in [0.05, 0.1) is 31.3 Å². The number of nitro benzene ring substituents is 1. The molecule has 2 aromatic rings. The Balaban J connectivity index is 1.88. The van der Waals surface area contributed by atoms with Crippen LogP contribution in [-0.4, -0.2) is 31.4 Å². The van der Waals surface area contributed by atoms with E-state index in [1.54, 1.807) is 6.92 Å². The molecule has 0 fully saturated rings. The molecule has 0 aliphatic carbocycles. The van der Waals surface area contributed by atoms with Crippen LogP contribution in [0.4, 0.5) is 10.1 Å². The van der Waals surface area contributed by atoms with Crippen molar-refractivity contribution < 1.29 is 37.8 Å². The molecule has 3 rings (SSSR count). The van der Waals surface area contributed by atoms with Crippen LogP contribution >= 0.6 is 0 Å². The molecule has 29 heavy (non-hydrogen) atoms. The minimum absolute atomic E-state index is 0.0127. The first-order valence-corrected chi connectivity index (χ1v) is 8.62. The molecule has 0 atom stereocenters. The molecule has 0 amide bonds. The Morgan fingerprint density at radius 2 is 2.07 bits per heavy atom. The number of carbonyl (C=O) groups excluding carboxylic acids is 1. The van der Waals surface area contributed by atoms with Crippen LogP contribution in [0.3, 0.4) is 0 Å². The molecule has 0 unspecified atom stereocenters. The maximum Gasteiger partial charge on any atom is 0.345 e. The van der Waals surface area contributed by atoms with Gasteiger partial charge in [0.15, 0.2) is 18.3 Å². The van der Waals surface area contributed by atoms with Crippen molar-refractivity contribution in [2.24, 2.45) is 0 Å². The number of nitrogens with zero attached hydrogens (tertiary/aromatic N) is 1. The average Bonchev–Trinajstić information content (AvgIpc) is 2.71. The van der Waals surface area contributed by atoms with Crippen molar-refractivity contribution in [3.63, 3.8) is 0 Å². The zero-order valence-electron chi connectivity index (χ0n) is 15.7. The highest BCUT2D eigenvalue weighted by Gasteiger charge is 2.26. The van der Waals surface area contributed by atoms with E-state index in [1.165, 1.54) is 25.3 Å². The summed E-state index contributed by atoms with van der Waals surface area (Å²) >= 11 is 0. The van der Waals surface area contributed by atoms with Gasteiger partial charge in [-0.05, 0) is 19.1 Å². The predicted molar refractivity (Wildman–Crippen MR) is 96.6 cm³/mol. The summed E-state index contributed by atoms with van der Waals surface area (Å²) < 4.78 is 39.9. The second kappa shape index (κ2) is 8.74. The number of benzene rings is 2. The van der Waals surface area contributed by atoms with Crippen molar-refractivity contribution >= 4 is 11.7 Å². The van der Waals surface area contributed by atoms with Crippen LogP contribution in [0.2, 0.25) is 0 Å². The van der Waals surface area contributed by atoms with E-state index in [0.29, 0.717) is 11.3 Å². The van der Waals surface area contributed by atoms with Gasteiger partial charge in [-0.15, -0.1) is 0 Å². The molecule has 9 nitrogen and oxygen atoms in total. The number of fused-ring (bicyclic) bond motifs is 1. The van der Waals surface area contributed by atoms with Gasteiger partial charge in [0, 0.05) is 17.2 Å². The Morgan fingerprint density at radius 3 is 2.76 bits per heavy atom. The highest BCUT2D eigenvalue weighted by atomic mass is 19.1. The number of esters is 1. The van der Waals surface area contributed by atoms with Gasteiger partial charge in [-0.2, -0.15) is 0 Å². The summed E-state index contributed by atoms with van der Waals surface area (Å²) in [4.78, 5) is 23.2. The summed E-state index contributed by atoms with van der Waals surface area (Å²) in [6.07, 6.45) is 0. The lowest BCUT2D eigenvalue weighted by atomic mass is 10.1. The fraction of sp³-hybridized carbons (Fsp3) is 0.316. The van der Waals surface area contributed by atoms with E-state index in [4.69, 9.17) is 23.7 Å². The van der Waals surface area contributed by atoms with Gasteiger partial charge in [-0.3, -0.25) is 10.1 Å². The van der Waals surface area contributed by atoms with Crippen LogP contribution in [0.15, 0.2) is 24.3 Å². The molecule has 154 valence electrons. The maximum absolute atomic E-state index is 13.8. The van der Waals surface area contributed by atoms with E-state index in [0.717, 1.165) is 6.07 Å². The molecule has 1 aliphatic rings. The quantitative estimate of drug-likeness (QED) is 0.391. The molecule has 10 heteroatoms. The number of halogens is 1. The second-order valence-corrected chi connectivity index (χ2v) is 5.95. The number of hydrogen-bond acceptors (Lipinski definition) is 8. The van der Waals surface area contributed by atoms with E-state index < -0.39 is 22.4 Å². The third kappa shape index (κ3) is 4.37. The Morgan fingerprint density at radius 1 is 1.28 bits per heavy atom. The van der Waals surface area contributed by atoms with E-state index in [-0.39, 0.29) is 49.2 Å². The summed E-state index contributed by atoms with van der Waals surface area (Å²) in [5, 5.41) is 11.4. The highest BCUT2D eigenvalue weighted by Crippen LogP contribution is 2.36. The third-order valence-electron chi connectivity index (χ3n) is 4.11. The lowest BCUT2D eigenvalue weighted by Crippen LogP contribution is -2.15. The number of rotatable bonds is 7. The maximum atomic E-state index is 13.8. The summed E-state index contributed by atoms with van der Waals surface area (Å²) in [5.41, 5.74) is -0.0378. The van der Waals surface area contributed by atoms with E-state index >= 15 is 0 Å². The van der Waals surface area contributed by atoms with E-state index in [9.17, 15) is 19.3 Å². The van der Waals surface area contributed by atoms with Crippen LogP contribution < -0.4 is 14.2 Å². The summed E-state index contributed by atoms with van der Waals surface area (Å²) in [5.74, 6) is -0.869. The molecule has 0 bridgehead atoms. The van der Waals surface area contributed by atoms with Gasteiger partial charge in [0.25, 0.3) is 5.69 Å². The van der Waals surface area contributed by atoms with Crippen molar-refractivity contribution in [3.8, 4) is 17.2 Å². The van der Waals surface area contributed by atoms with Gasteiger partial charge in [0.1, 0.15) is 23.7 Å². The van der Waals surface area contributed by atoms with Gasteiger partial charge < -0.3 is 23.7 Å². The molecule has 0 N–H and O–H groups in total. The fourth-order valence-electron chi connectivity index (χ4n) is 2.88. The van der Waals surface area contributed by atoms with Gasteiger partial charge in [0.2, 0.25) is 0 Å². The molecule has 0 aromatic heterocycles. The number of carbonyl (C=O) groups is 1. The van der Waals surface area contributed by atoms with Gasteiger partial charge in [-0.25, -0.2) is 9.18 Å². The van der Waals surface area contributed by atoms with Crippen molar-refractivity contribution in [2.75, 3.05) is 20.5 Å². The number of ether oxygens (including phenoxy) is 5.